The van der Waals surface area contributed by atoms with Crippen LogP contribution in [0.15, 0.2) is 30.5 Å². The van der Waals surface area contributed by atoms with Crippen molar-refractivity contribution in [2.45, 2.75) is 0 Å². The number of anilines is 2. The second kappa shape index (κ2) is 4.89. The summed E-state index contributed by atoms with van der Waals surface area (Å²) in [5.41, 5.74) is 0.375. The summed E-state index contributed by atoms with van der Waals surface area (Å²) in [5, 5.41) is 27.8. The molecule has 2 rings (SSSR count). The van der Waals surface area contributed by atoms with E-state index >= 15 is 0 Å². The van der Waals surface area contributed by atoms with Crippen LogP contribution in [0.2, 0.25) is 0 Å². The lowest BCUT2D eigenvalue weighted by Crippen LogP contribution is -2.01. The van der Waals surface area contributed by atoms with Crippen LogP contribution >= 0.6 is 0 Å². The number of hydrogen-bond donors (Lipinski definition) is 1. The molecule has 0 unspecified atom stereocenters. The van der Waals surface area contributed by atoms with Gasteiger partial charge in [0.05, 0.1) is 17.4 Å². The first-order valence-corrected chi connectivity index (χ1v) is 4.93. The number of nitrogens with one attached hydrogen (secondary N) is 1. The van der Waals surface area contributed by atoms with Crippen molar-refractivity contribution in [3.8, 4) is 12.1 Å². The van der Waals surface area contributed by atoms with E-state index < -0.39 is 5.82 Å². The standard InChI is InChI=1S/C12H6FN5/c13-10-2-1-3-11(9(10)7-15)17-12-8(6-14)4-5-16-18-12/h1-5H,(H,17,18). The van der Waals surface area contributed by atoms with E-state index in [1.165, 1.54) is 30.5 Å². The second-order valence-electron chi connectivity index (χ2n) is 3.30. The molecular weight excluding hydrogens is 233 g/mol. The molecule has 0 atom stereocenters. The van der Waals surface area contributed by atoms with Crippen molar-refractivity contribution in [2.75, 3.05) is 5.32 Å². The average Bonchev–Trinajstić information content (AvgIpc) is 2.40. The molecular formula is C12H6FN5. The first-order valence-electron chi connectivity index (χ1n) is 4.93. The Balaban J connectivity index is 2.45. The highest BCUT2D eigenvalue weighted by atomic mass is 19.1. The van der Waals surface area contributed by atoms with Crippen molar-refractivity contribution in [1.29, 1.82) is 10.5 Å². The highest BCUT2D eigenvalue weighted by molar-refractivity contribution is 5.67. The molecule has 0 amide bonds. The summed E-state index contributed by atoms with van der Waals surface area (Å²) in [4.78, 5) is 0. The average molecular weight is 239 g/mol. The lowest BCUT2D eigenvalue weighted by molar-refractivity contribution is 0.624. The third kappa shape index (κ3) is 2.08. The number of rotatable bonds is 2. The quantitative estimate of drug-likeness (QED) is 0.867. The molecule has 0 aliphatic rings. The molecule has 0 spiro atoms. The van der Waals surface area contributed by atoms with E-state index in [0.717, 1.165) is 0 Å². The molecule has 0 saturated carbocycles. The maximum Gasteiger partial charge on any atom is 0.171 e. The third-order valence-electron chi connectivity index (χ3n) is 2.22. The van der Waals surface area contributed by atoms with Gasteiger partial charge in [-0.2, -0.15) is 15.6 Å². The zero-order valence-electron chi connectivity index (χ0n) is 9.05. The number of nitriles is 2. The Kier molecular flexibility index (Phi) is 3.13. The molecule has 1 aromatic heterocycles. The van der Waals surface area contributed by atoms with Crippen molar-refractivity contribution >= 4 is 11.5 Å². The molecule has 18 heavy (non-hydrogen) atoms. The maximum absolute atomic E-state index is 13.4. The summed E-state index contributed by atoms with van der Waals surface area (Å²) in [6.07, 6.45) is 1.38. The largest absolute Gasteiger partial charge is 0.336 e. The molecule has 0 saturated heterocycles. The lowest BCUT2D eigenvalue weighted by Gasteiger charge is -2.07. The van der Waals surface area contributed by atoms with Crippen molar-refractivity contribution in [1.82, 2.24) is 10.2 Å². The Morgan fingerprint density at radius 3 is 2.72 bits per heavy atom. The molecule has 0 fully saturated rings. The molecule has 0 bridgehead atoms. The van der Waals surface area contributed by atoms with Crippen LogP contribution in [0.4, 0.5) is 15.9 Å². The SMILES string of the molecule is N#Cc1ccnnc1Nc1cccc(F)c1C#N. The normalized spacial score (nSPS) is 9.28. The third-order valence-corrected chi connectivity index (χ3v) is 2.22. The van der Waals surface area contributed by atoms with Gasteiger partial charge in [-0.15, -0.1) is 5.10 Å². The van der Waals surface area contributed by atoms with E-state index in [1.54, 1.807) is 6.07 Å². The van der Waals surface area contributed by atoms with Gasteiger partial charge < -0.3 is 5.32 Å². The summed E-state index contributed by atoms with van der Waals surface area (Å²) in [6, 6.07) is 9.32. The zero-order valence-corrected chi connectivity index (χ0v) is 9.05. The predicted molar refractivity (Wildman–Crippen MR) is 61.1 cm³/mol. The Morgan fingerprint density at radius 1 is 1.17 bits per heavy atom. The summed E-state index contributed by atoms with van der Waals surface area (Å²) in [6.45, 7) is 0. The Labute approximate surface area is 102 Å². The molecule has 86 valence electrons. The number of aromatic nitrogens is 2. The van der Waals surface area contributed by atoms with Gasteiger partial charge in [0.1, 0.15) is 23.5 Å². The summed E-state index contributed by atoms with van der Waals surface area (Å²) in [7, 11) is 0. The van der Waals surface area contributed by atoms with Gasteiger partial charge in [-0.1, -0.05) is 6.07 Å². The fourth-order valence-corrected chi connectivity index (χ4v) is 1.38. The second-order valence-corrected chi connectivity index (χ2v) is 3.30. The van der Waals surface area contributed by atoms with Gasteiger partial charge in [-0.3, -0.25) is 0 Å². The van der Waals surface area contributed by atoms with E-state index in [-0.39, 0.29) is 22.6 Å². The van der Waals surface area contributed by atoms with Gasteiger partial charge in [0.25, 0.3) is 0 Å². The van der Waals surface area contributed by atoms with Gasteiger partial charge in [0.2, 0.25) is 0 Å². The topological polar surface area (TPSA) is 85.4 Å². The number of hydrogen-bond acceptors (Lipinski definition) is 5. The van der Waals surface area contributed by atoms with E-state index in [1.807, 2.05) is 6.07 Å². The minimum Gasteiger partial charge on any atom is -0.336 e. The Morgan fingerprint density at radius 2 is 2.00 bits per heavy atom. The number of halogens is 1. The smallest absolute Gasteiger partial charge is 0.171 e. The van der Waals surface area contributed by atoms with E-state index in [0.29, 0.717) is 0 Å². The molecule has 6 heteroatoms. The number of benzene rings is 1. The first kappa shape index (κ1) is 11.5. The molecule has 1 heterocycles. The van der Waals surface area contributed by atoms with E-state index in [4.69, 9.17) is 10.5 Å². The van der Waals surface area contributed by atoms with Crippen molar-refractivity contribution in [3.63, 3.8) is 0 Å². The molecule has 1 N–H and O–H groups in total. The Hall–Kier alpha value is -2.99. The van der Waals surface area contributed by atoms with Gasteiger partial charge in [-0.25, -0.2) is 4.39 Å². The van der Waals surface area contributed by atoms with Crippen LogP contribution < -0.4 is 5.32 Å². The molecule has 0 aliphatic heterocycles. The monoisotopic (exact) mass is 239 g/mol. The van der Waals surface area contributed by atoms with Crippen LogP contribution in [-0.4, -0.2) is 10.2 Å². The highest BCUT2D eigenvalue weighted by Crippen LogP contribution is 2.22. The molecule has 5 nitrogen and oxygen atoms in total. The van der Waals surface area contributed by atoms with Crippen LogP contribution in [0, 0.1) is 28.5 Å². The first-order chi connectivity index (χ1) is 8.76. The summed E-state index contributed by atoms with van der Waals surface area (Å²) >= 11 is 0. The maximum atomic E-state index is 13.4. The molecule has 2 aromatic rings. The zero-order chi connectivity index (χ0) is 13.0. The van der Waals surface area contributed by atoms with E-state index in [2.05, 4.69) is 15.5 Å². The Bertz CT molecular complexity index is 669. The summed E-state index contributed by atoms with van der Waals surface area (Å²) < 4.78 is 13.4. The molecule has 1 aromatic carbocycles. The molecule has 0 aliphatic carbocycles. The van der Waals surface area contributed by atoms with E-state index in [9.17, 15) is 4.39 Å². The molecule has 0 radical (unpaired) electrons. The highest BCUT2D eigenvalue weighted by Gasteiger charge is 2.10. The summed E-state index contributed by atoms with van der Waals surface area (Å²) in [5.74, 6) is -0.452. The van der Waals surface area contributed by atoms with Crippen LogP contribution in [0.3, 0.4) is 0 Å². The predicted octanol–water partition coefficient (Wildman–Crippen LogP) is 2.10. The van der Waals surface area contributed by atoms with Gasteiger partial charge in [0, 0.05) is 0 Å². The number of nitrogens with zero attached hydrogens (tertiary/aromatic N) is 4. The fourth-order valence-electron chi connectivity index (χ4n) is 1.38. The van der Waals surface area contributed by atoms with Crippen LogP contribution in [0.1, 0.15) is 11.1 Å². The fraction of sp³-hybridized carbons (Fsp3) is 0. The van der Waals surface area contributed by atoms with Crippen LogP contribution in [0.5, 0.6) is 0 Å². The minimum atomic E-state index is -0.634. The minimum absolute atomic E-state index is 0.132. The van der Waals surface area contributed by atoms with Gasteiger partial charge in [-0.05, 0) is 18.2 Å². The van der Waals surface area contributed by atoms with Crippen LogP contribution in [-0.2, 0) is 0 Å². The van der Waals surface area contributed by atoms with Crippen molar-refractivity contribution in [2.24, 2.45) is 0 Å². The van der Waals surface area contributed by atoms with Crippen molar-refractivity contribution < 1.29 is 4.39 Å². The van der Waals surface area contributed by atoms with Crippen LogP contribution in [0.25, 0.3) is 0 Å². The van der Waals surface area contributed by atoms with Crippen molar-refractivity contribution in [3.05, 3.63) is 47.4 Å². The lowest BCUT2D eigenvalue weighted by atomic mass is 10.2. The van der Waals surface area contributed by atoms with Gasteiger partial charge >= 0.3 is 0 Å². The van der Waals surface area contributed by atoms with Gasteiger partial charge in [0.15, 0.2) is 5.82 Å².